The standard InChI is InChI=1S/C16H17ClFNO/c1-15(2)6-3-7-16(10-19,14(15)20)9-11-4-5-12(18)8-13(11)17/h4-5,8H,3,6-7,9H2,1-2H3. The summed E-state index contributed by atoms with van der Waals surface area (Å²) in [5.74, 6) is -0.445. The van der Waals surface area contributed by atoms with Crippen molar-refractivity contribution in [1.29, 1.82) is 5.26 Å². The van der Waals surface area contributed by atoms with Crippen LogP contribution in [-0.2, 0) is 11.2 Å². The molecule has 0 heterocycles. The van der Waals surface area contributed by atoms with Gasteiger partial charge in [0.1, 0.15) is 11.2 Å². The maximum atomic E-state index is 13.1. The topological polar surface area (TPSA) is 40.9 Å². The third-order valence-electron chi connectivity index (χ3n) is 4.18. The lowest BCUT2D eigenvalue weighted by molar-refractivity contribution is -0.138. The second kappa shape index (κ2) is 5.18. The lowest BCUT2D eigenvalue weighted by Crippen LogP contribution is -2.45. The lowest BCUT2D eigenvalue weighted by Gasteiger charge is -2.39. The predicted octanol–water partition coefficient (Wildman–Crippen LogP) is 4.31. The molecule has 1 atom stereocenters. The minimum absolute atomic E-state index is 0.0286. The Morgan fingerprint density at radius 3 is 2.70 bits per heavy atom. The van der Waals surface area contributed by atoms with E-state index in [1.807, 2.05) is 13.8 Å². The fourth-order valence-corrected chi connectivity index (χ4v) is 3.25. The molecule has 1 unspecified atom stereocenters. The molecule has 0 radical (unpaired) electrons. The van der Waals surface area contributed by atoms with Crippen molar-refractivity contribution >= 4 is 17.4 Å². The van der Waals surface area contributed by atoms with E-state index in [2.05, 4.69) is 6.07 Å². The molecule has 106 valence electrons. The maximum Gasteiger partial charge on any atom is 0.158 e. The van der Waals surface area contributed by atoms with Crippen LogP contribution in [0.2, 0.25) is 5.02 Å². The van der Waals surface area contributed by atoms with Crippen LogP contribution >= 0.6 is 11.6 Å². The SMILES string of the molecule is CC1(C)CCCC(C#N)(Cc2ccc(F)cc2Cl)C1=O. The molecule has 2 rings (SSSR count). The van der Waals surface area contributed by atoms with Crippen LogP contribution in [0.4, 0.5) is 4.39 Å². The van der Waals surface area contributed by atoms with Crippen molar-refractivity contribution in [3.05, 3.63) is 34.6 Å². The zero-order valence-corrected chi connectivity index (χ0v) is 12.4. The first-order chi connectivity index (χ1) is 9.31. The van der Waals surface area contributed by atoms with Crippen molar-refractivity contribution in [2.24, 2.45) is 10.8 Å². The Kier molecular flexibility index (Phi) is 3.88. The summed E-state index contributed by atoms with van der Waals surface area (Å²) in [6, 6.07) is 6.31. The van der Waals surface area contributed by atoms with Gasteiger partial charge in [0.05, 0.1) is 6.07 Å². The molecular formula is C16H17ClFNO. The number of rotatable bonds is 2. The molecule has 20 heavy (non-hydrogen) atoms. The second-order valence-corrected chi connectivity index (χ2v) is 6.58. The number of carbonyl (C=O) groups is 1. The fraction of sp³-hybridized carbons (Fsp3) is 0.500. The van der Waals surface area contributed by atoms with Crippen LogP contribution in [0.1, 0.15) is 38.7 Å². The third-order valence-corrected chi connectivity index (χ3v) is 4.53. The molecule has 0 spiro atoms. The number of ketones is 1. The van der Waals surface area contributed by atoms with Crippen molar-refractivity contribution in [2.75, 3.05) is 0 Å². The highest BCUT2D eigenvalue weighted by atomic mass is 35.5. The highest BCUT2D eigenvalue weighted by molar-refractivity contribution is 6.31. The van der Waals surface area contributed by atoms with Crippen LogP contribution in [0.25, 0.3) is 0 Å². The van der Waals surface area contributed by atoms with Crippen molar-refractivity contribution in [3.63, 3.8) is 0 Å². The number of benzene rings is 1. The van der Waals surface area contributed by atoms with Gasteiger partial charge in [-0.15, -0.1) is 0 Å². The average Bonchev–Trinajstić information content (AvgIpc) is 2.38. The van der Waals surface area contributed by atoms with Crippen molar-refractivity contribution in [2.45, 2.75) is 39.5 Å². The summed E-state index contributed by atoms with van der Waals surface area (Å²) < 4.78 is 13.1. The molecule has 0 aliphatic heterocycles. The van der Waals surface area contributed by atoms with Crippen LogP contribution in [0.5, 0.6) is 0 Å². The number of Topliss-reactive ketones (excluding diaryl/α,β-unsaturated/α-hetero) is 1. The van der Waals surface area contributed by atoms with Crippen molar-refractivity contribution in [3.8, 4) is 6.07 Å². The maximum absolute atomic E-state index is 13.1. The largest absolute Gasteiger partial charge is 0.297 e. The molecule has 1 saturated carbocycles. The minimum atomic E-state index is -1.04. The van der Waals surface area contributed by atoms with Gasteiger partial charge in [-0.25, -0.2) is 4.39 Å². The summed E-state index contributed by atoms with van der Waals surface area (Å²) in [6.45, 7) is 3.76. The van der Waals surface area contributed by atoms with Crippen molar-refractivity contribution in [1.82, 2.24) is 0 Å². The zero-order chi connectivity index (χ0) is 15.0. The van der Waals surface area contributed by atoms with Gasteiger partial charge in [0.25, 0.3) is 0 Å². The summed E-state index contributed by atoms with van der Waals surface area (Å²) >= 11 is 6.03. The number of halogens is 2. The number of hydrogen-bond donors (Lipinski definition) is 0. The number of nitriles is 1. The fourth-order valence-electron chi connectivity index (χ4n) is 3.01. The molecule has 4 heteroatoms. The van der Waals surface area contributed by atoms with Crippen molar-refractivity contribution < 1.29 is 9.18 Å². The summed E-state index contributed by atoms with van der Waals surface area (Å²) in [5, 5.41) is 9.84. The van der Waals surface area contributed by atoms with E-state index >= 15 is 0 Å². The van der Waals surface area contributed by atoms with Gasteiger partial charge in [-0.2, -0.15) is 5.26 Å². The van der Waals surface area contributed by atoms with Crippen LogP contribution in [0.15, 0.2) is 18.2 Å². The Balaban J connectivity index is 2.38. The molecule has 0 aromatic heterocycles. The molecule has 1 aromatic carbocycles. The second-order valence-electron chi connectivity index (χ2n) is 6.17. The van der Waals surface area contributed by atoms with E-state index in [0.717, 1.165) is 12.8 Å². The monoisotopic (exact) mass is 293 g/mol. The van der Waals surface area contributed by atoms with Crippen LogP contribution < -0.4 is 0 Å². The van der Waals surface area contributed by atoms with Gasteiger partial charge in [-0.05, 0) is 37.0 Å². The van der Waals surface area contributed by atoms with Crippen LogP contribution in [0, 0.1) is 28.0 Å². The molecule has 0 bridgehead atoms. The van der Waals surface area contributed by atoms with E-state index in [1.165, 1.54) is 12.1 Å². The number of carbonyl (C=O) groups excluding carboxylic acids is 1. The molecule has 1 aromatic rings. The van der Waals surface area contributed by atoms with Gasteiger partial charge in [0.2, 0.25) is 0 Å². The van der Waals surface area contributed by atoms with Crippen LogP contribution in [0.3, 0.4) is 0 Å². The third kappa shape index (κ3) is 2.58. The van der Waals surface area contributed by atoms with Gasteiger partial charge in [-0.3, -0.25) is 4.79 Å². The van der Waals surface area contributed by atoms with E-state index in [1.54, 1.807) is 6.07 Å². The Bertz CT molecular complexity index is 591. The molecule has 1 aliphatic rings. The molecule has 0 saturated heterocycles. The molecule has 2 nitrogen and oxygen atoms in total. The molecule has 0 amide bonds. The number of nitrogens with zero attached hydrogens (tertiary/aromatic N) is 1. The molecular weight excluding hydrogens is 277 g/mol. The van der Waals surface area contributed by atoms with E-state index in [4.69, 9.17) is 11.6 Å². The highest BCUT2D eigenvalue weighted by Crippen LogP contribution is 2.45. The summed E-state index contributed by atoms with van der Waals surface area (Å²) in [6.07, 6.45) is 2.43. The average molecular weight is 294 g/mol. The summed E-state index contributed by atoms with van der Waals surface area (Å²) in [7, 11) is 0. The van der Waals surface area contributed by atoms with E-state index in [-0.39, 0.29) is 17.2 Å². The van der Waals surface area contributed by atoms with E-state index in [0.29, 0.717) is 12.0 Å². The predicted molar refractivity (Wildman–Crippen MR) is 75.8 cm³/mol. The Labute approximate surface area is 123 Å². The Morgan fingerprint density at radius 1 is 1.40 bits per heavy atom. The zero-order valence-electron chi connectivity index (χ0n) is 11.7. The van der Waals surface area contributed by atoms with E-state index < -0.39 is 16.6 Å². The first-order valence-electron chi connectivity index (χ1n) is 6.71. The molecule has 1 fully saturated rings. The smallest absolute Gasteiger partial charge is 0.158 e. The van der Waals surface area contributed by atoms with Gasteiger partial charge >= 0.3 is 0 Å². The Morgan fingerprint density at radius 2 is 2.10 bits per heavy atom. The number of hydrogen-bond acceptors (Lipinski definition) is 2. The highest BCUT2D eigenvalue weighted by Gasteiger charge is 2.49. The Hall–Kier alpha value is -1.40. The first-order valence-corrected chi connectivity index (χ1v) is 7.09. The van der Waals surface area contributed by atoms with Gasteiger partial charge < -0.3 is 0 Å². The summed E-state index contributed by atoms with van der Waals surface area (Å²) in [5.41, 5.74) is -0.871. The lowest BCUT2D eigenvalue weighted by atomic mass is 9.61. The van der Waals surface area contributed by atoms with Crippen LogP contribution in [-0.4, -0.2) is 5.78 Å². The van der Waals surface area contributed by atoms with Gasteiger partial charge in [-0.1, -0.05) is 37.9 Å². The molecule has 1 aliphatic carbocycles. The van der Waals surface area contributed by atoms with Gasteiger partial charge in [0, 0.05) is 10.4 Å². The summed E-state index contributed by atoms with van der Waals surface area (Å²) in [4.78, 5) is 12.6. The first kappa shape index (κ1) is 15.0. The normalized spacial score (nSPS) is 25.2. The van der Waals surface area contributed by atoms with Gasteiger partial charge in [0.15, 0.2) is 5.78 Å². The quantitative estimate of drug-likeness (QED) is 0.815. The minimum Gasteiger partial charge on any atom is -0.297 e. The van der Waals surface area contributed by atoms with E-state index in [9.17, 15) is 14.4 Å². The molecule has 0 N–H and O–H groups in total.